The average molecular weight is 344 g/mol. The van der Waals surface area contributed by atoms with E-state index in [9.17, 15) is 8.42 Å². The number of benzene rings is 1. The molecule has 0 aliphatic heterocycles. The number of hydrogen-bond acceptors (Lipinski definition) is 5. The SMILES string of the molecule is Nc1ccc(Oc2cncc(Br)c2)c(S(N)(=O)=O)c1. The molecule has 1 aromatic carbocycles. The van der Waals surface area contributed by atoms with Gasteiger partial charge in [-0.05, 0) is 40.2 Å². The van der Waals surface area contributed by atoms with Crippen LogP contribution in [0.15, 0.2) is 46.0 Å². The highest BCUT2D eigenvalue weighted by atomic mass is 79.9. The maximum atomic E-state index is 11.5. The monoisotopic (exact) mass is 343 g/mol. The van der Waals surface area contributed by atoms with Gasteiger partial charge in [-0.25, -0.2) is 13.6 Å². The first-order valence-corrected chi connectivity index (χ1v) is 7.41. The second-order valence-corrected chi connectivity index (χ2v) is 6.14. The van der Waals surface area contributed by atoms with Gasteiger partial charge in [0.1, 0.15) is 16.4 Å². The first-order valence-electron chi connectivity index (χ1n) is 5.07. The molecule has 100 valence electrons. The zero-order valence-corrected chi connectivity index (χ0v) is 12.0. The predicted octanol–water partition coefficient (Wildman–Crippen LogP) is 1.87. The molecule has 19 heavy (non-hydrogen) atoms. The van der Waals surface area contributed by atoms with Crippen molar-refractivity contribution in [1.29, 1.82) is 0 Å². The summed E-state index contributed by atoms with van der Waals surface area (Å²) in [4.78, 5) is 3.74. The number of sulfonamides is 1. The van der Waals surface area contributed by atoms with Crippen molar-refractivity contribution in [3.63, 3.8) is 0 Å². The molecule has 0 aliphatic rings. The Balaban J connectivity index is 2.46. The Morgan fingerprint density at radius 2 is 1.95 bits per heavy atom. The molecule has 0 saturated carbocycles. The quantitative estimate of drug-likeness (QED) is 0.827. The highest BCUT2D eigenvalue weighted by Gasteiger charge is 2.16. The topological polar surface area (TPSA) is 108 Å². The van der Waals surface area contributed by atoms with E-state index in [4.69, 9.17) is 15.6 Å². The zero-order valence-electron chi connectivity index (χ0n) is 9.58. The lowest BCUT2D eigenvalue weighted by atomic mass is 10.3. The molecule has 0 radical (unpaired) electrons. The fraction of sp³-hybridized carbons (Fsp3) is 0. The largest absolute Gasteiger partial charge is 0.454 e. The number of nitrogen functional groups attached to an aromatic ring is 1. The standard InChI is InChI=1S/C11H10BrN3O3S/c12-7-3-9(6-15-5-7)18-10-2-1-8(13)4-11(10)19(14,16)17/h1-6H,13H2,(H2,14,16,17). The molecule has 0 amide bonds. The maximum absolute atomic E-state index is 11.5. The van der Waals surface area contributed by atoms with Gasteiger partial charge < -0.3 is 10.5 Å². The van der Waals surface area contributed by atoms with Crippen LogP contribution >= 0.6 is 15.9 Å². The smallest absolute Gasteiger partial charge is 0.241 e. The number of halogens is 1. The summed E-state index contributed by atoms with van der Waals surface area (Å²) in [6.07, 6.45) is 3.03. The van der Waals surface area contributed by atoms with Crippen LogP contribution in [-0.4, -0.2) is 13.4 Å². The van der Waals surface area contributed by atoms with E-state index in [1.54, 1.807) is 12.3 Å². The lowest BCUT2D eigenvalue weighted by molar-refractivity contribution is 0.465. The lowest BCUT2D eigenvalue weighted by Crippen LogP contribution is -2.13. The van der Waals surface area contributed by atoms with Crippen molar-refractivity contribution < 1.29 is 13.2 Å². The normalized spacial score (nSPS) is 11.3. The first kappa shape index (κ1) is 13.8. The van der Waals surface area contributed by atoms with E-state index in [1.165, 1.54) is 24.4 Å². The zero-order chi connectivity index (χ0) is 14.0. The summed E-state index contributed by atoms with van der Waals surface area (Å²) in [5, 5.41) is 5.12. The molecule has 6 nitrogen and oxygen atoms in total. The van der Waals surface area contributed by atoms with Crippen LogP contribution in [0, 0.1) is 0 Å². The van der Waals surface area contributed by atoms with Crippen LogP contribution in [0.2, 0.25) is 0 Å². The van der Waals surface area contributed by atoms with Crippen LogP contribution in [0.1, 0.15) is 0 Å². The van der Waals surface area contributed by atoms with Crippen LogP contribution in [0.5, 0.6) is 11.5 Å². The number of nitrogens with two attached hydrogens (primary N) is 2. The van der Waals surface area contributed by atoms with Crippen LogP contribution < -0.4 is 15.6 Å². The van der Waals surface area contributed by atoms with Gasteiger partial charge in [-0.2, -0.15) is 0 Å². The second kappa shape index (κ2) is 5.16. The van der Waals surface area contributed by atoms with E-state index in [0.717, 1.165) is 0 Å². The van der Waals surface area contributed by atoms with Crippen LogP contribution in [-0.2, 0) is 10.0 Å². The molecule has 4 N–H and O–H groups in total. The Morgan fingerprint density at radius 1 is 1.21 bits per heavy atom. The molecule has 0 unspecified atom stereocenters. The molecular weight excluding hydrogens is 334 g/mol. The average Bonchev–Trinajstić information content (AvgIpc) is 2.30. The molecule has 0 bridgehead atoms. The molecule has 1 heterocycles. The Bertz CT molecular complexity index is 719. The molecule has 0 fully saturated rings. The fourth-order valence-electron chi connectivity index (χ4n) is 1.41. The Labute approximate surface area is 118 Å². The summed E-state index contributed by atoms with van der Waals surface area (Å²) in [6, 6.07) is 5.86. The molecular formula is C11H10BrN3O3S. The molecule has 0 atom stereocenters. The summed E-state index contributed by atoms with van der Waals surface area (Å²) < 4.78 is 29.1. The molecule has 2 aromatic rings. The molecule has 2 rings (SSSR count). The lowest BCUT2D eigenvalue weighted by Gasteiger charge is -2.10. The Kier molecular flexibility index (Phi) is 3.74. The number of anilines is 1. The van der Waals surface area contributed by atoms with E-state index in [2.05, 4.69) is 20.9 Å². The van der Waals surface area contributed by atoms with Gasteiger partial charge in [0.2, 0.25) is 10.0 Å². The number of pyridine rings is 1. The molecule has 0 aliphatic carbocycles. The highest BCUT2D eigenvalue weighted by molar-refractivity contribution is 9.10. The number of hydrogen-bond donors (Lipinski definition) is 2. The van der Waals surface area contributed by atoms with E-state index >= 15 is 0 Å². The van der Waals surface area contributed by atoms with Crippen molar-refractivity contribution in [2.24, 2.45) is 5.14 Å². The second-order valence-electron chi connectivity index (χ2n) is 3.69. The summed E-state index contributed by atoms with van der Waals surface area (Å²) in [6.45, 7) is 0. The van der Waals surface area contributed by atoms with Gasteiger partial charge in [0.25, 0.3) is 0 Å². The number of nitrogens with zero attached hydrogens (tertiary/aromatic N) is 1. The van der Waals surface area contributed by atoms with Crippen LogP contribution in [0.3, 0.4) is 0 Å². The molecule has 1 aromatic heterocycles. The number of rotatable bonds is 3. The highest BCUT2D eigenvalue weighted by Crippen LogP contribution is 2.30. The Hall–Kier alpha value is -1.64. The van der Waals surface area contributed by atoms with Gasteiger partial charge in [-0.1, -0.05) is 0 Å². The van der Waals surface area contributed by atoms with Gasteiger partial charge in [0.15, 0.2) is 0 Å². The minimum absolute atomic E-state index is 0.0941. The number of primary sulfonamides is 1. The predicted molar refractivity (Wildman–Crippen MR) is 74.2 cm³/mol. The number of aromatic nitrogens is 1. The summed E-state index contributed by atoms with van der Waals surface area (Å²) in [5.74, 6) is 0.473. The van der Waals surface area contributed by atoms with Crippen LogP contribution in [0.25, 0.3) is 0 Å². The van der Waals surface area contributed by atoms with Crippen molar-refractivity contribution in [3.8, 4) is 11.5 Å². The van der Waals surface area contributed by atoms with Gasteiger partial charge >= 0.3 is 0 Å². The van der Waals surface area contributed by atoms with Crippen molar-refractivity contribution in [3.05, 3.63) is 41.1 Å². The minimum Gasteiger partial charge on any atom is -0.454 e. The maximum Gasteiger partial charge on any atom is 0.241 e. The van der Waals surface area contributed by atoms with E-state index < -0.39 is 10.0 Å². The molecule has 0 spiro atoms. The summed E-state index contributed by atoms with van der Waals surface area (Å²) >= 11 is 3.24. The fourth-order valence-corrected chi connectivity index (χ4v) is 2.44. The Morgan fingerprint density at radius 3 is 2.58 bits per heavy atom. The van der Waals surface area contributed by atoms with Gasteiger partial charge in [0, 0.05) is 16.4 Å². The van der Waals surface area contributed by atoms with Gasteiger partial charge in [-0.3, -0.25) is 4.98 Å². The van der Waals surface area contributed by atoms with Crippen molar-refractivity contribution in [1.82, 2.24) is 4.98 Å². The summed E-state index contributed by atoms with van der Waals surface area (Å²) in [7, 11) is -3.92. The molecule has 0 saturated heterocycles. The summed E-state index contributed by atoms with van der Waals surface area (Å²) in [5.41, 5.74) is 5.83. The van der Waals surface area contributed by atoms with Crippen molar-refractivity contribution in [2.75, 3.05) is 5.73 Å². The van der Waals surface area contributed by atoms with Gasteiger partial charge in [-0.15, -0.1) is 0 Å². The minimum atomic E-state index is -3.92. The van der Waals surface area contributed by atoms with Crippen molar-refractivity contribution >= 4 is 31.6 Å². The third-order valence-electron chi connectivity index (χ3n) is 2.18. The van der Waals surface area contributed by atoms with E-state index in [1.807, 2.05) is 0 Å². The van der Waals surface area contributed by atoms with Gasteiger partial charge in [0.05, 0.1) is 6.20 Å². The number of ether oxygens (including phenoxy) is 1. The van der Waals surface area contributed by atoms with E-state index in [-0.39, 0.29) is 16.3 Å². The van der Waals surface area contributed by atoms with Crippen LogP contribution in [0.4, 0.5) is 5.69 Å². The third-order valence-corrected chi connectivity index (χ3v) is 3.55. The third kappa shape index (κ3) is 3.43. The molecule has 8 heteroatoms. The van der Waals surface area contributed by atoms with E-state index in [0.29, 0.717) is 10.2 Å². The van der Waals surface area contributed by atoms with Crippen molar-refractivity contribution in [2.45, 2.75) is 4.90 Å². The first-order chi connectivity index (χ1) is 8.86.